The Morgan fingerprint density at radius 2 is 1.95 bits per heavy atom. The van der Waals surface area contributed by atoms with Crippen LogP contribution >= 0.6 is 0 Å². The second-order valence-corrected chi connectivity index (χ2v) is 4.51. The van der Waals surface area contributed by atoms with E-state index in [1.165, 1.54) is 6.92 Å². The van der Waals surface area contributed by atoms with Crippen LogP contribution in [0.3, 0.4) is 0 Å². The molecule has 0 aliphatic carbocycles. The van der Waals surface area contributed by atoms with Gasteiger partial charge in [0.25, 0.3) is 0 Å². The molecule has 0 aromatic heterocycles. The Kier molecular flexibility index (Phi) is 5.55. The SMILES string of the molecule is CCc1ccc(OC)c(N(C)C(=O)CCC(C)=O)c1. The minimum absolute atomic E-state index is 0.0241. The summed E-state index contributed by atoms with van der Waals surface area (Å²) in [5.41, 5.74) is 1.89. The summed E-state index contributed by atoms with van der Waals surface area (Å²) in [5, 5.41) is 0. The summed E-state index contributed by atoms with van der Waals surface area (Å²) < 4.78 is 5.28. The second kappa shape index (κ2) is 6.92. The quantitative estimate of drug-likeness (QED) is 0.792. The predicted octanol–water partition coefficient (Wildman–Crippen LogP) is 2.59. The molecule has 0 N–H and O–H groups in total. The van der Waals surface area contributed by atoms with Crippen molar-refractivity contribution in [2.45, 2.75) is 33.1 Å². The Hall–Kier alpha value is -1.84. The fraction of sp³-hybridized carbons (Fsp3) is 0.467. The highest BCUT2D eigenvalue weighted by molar-refractivity contribution is 5.96. The van der Waals surface area contributed by atoms with Crippen molar-refractivity contribution in [1.82, 2.24) is 0 Å². The van der Waals surface area contributed by atoms with Gasteiger partial charge in [-0.15, -0.1) is 0 Å². The molecule has 0 aliphatic heterocycles. The van der Waals surface area contributed by atoms with Gasteiger partial charge >= 0.3 is 0 Å². The van der Waals surface area contributed by atoms with Gasteiger partial charge in [-0.05, 0) is 31.0 Å². The van der Waals surface area contributed by atoms with E-state index in [1.807, 2.05) is 18.2 Å². The molecule has 0 bridgehead atoms. The molecule has 1 aromatic carbocycles. The number of Topliss-reactive ketones (excluding diaryl/α,β-unsaturated/α-hetero) is 1. The van der Waals surface area contributed by atoms with Crippen LogP contribution in [-0.4, -0.2) is 25.8 Å². The van der Waals surface area contributed by atoms with Crippen molar-refractivity contribution >= 4 is 17.4 Å². The van der Waals surface area contributed by atoms with E-state index in [2.05, 4.69) is 6.92 Å². The molecule has 0 unspecified atom stereocenters. The van der Waals surface area contributed by atoms with Crippen molar-refractivity contribution < 1.29 is 14.3 Å². The van der Waals surface area contributed by atoms with Crippen molar-refractivity contribution in [1.29, 1.82) is 0 Å². The topological polar surface area (TPSA) is 46.6 Å². The van der Waals surface area contributed by atoms with Gasteiger partial charge in [0, 0.05) is 19.9 Å². The van der Waals surface area contributed by atoms with Gasteiger partial charge in [-0.3, -0.25) is 4.79 Å². The molecule has 0 saturated heterocycles. The highest BCUT2D eigenvalue weighted by atomic mass is 16.5. The van der Waals surface area contributed by atoms with Crippen molar-refractivity contribution in [3.63, 3.8) is 0 Å². The number of hydrogen-bond acceptors (Lipinski definition) is 3. The third-order valence-electron chi connectivity index (χ3n) is 3.08. The van der Waals surface area contributed by atoms with Crippen LogP contribution in [0.1, 0.15) is 32.3 Å². The van der Waals surface area contributed by atoms with Crippen molar-refractivity contribution in [3.8, 4) is 5.75 Å². The minimum atomic E-state index is -0.0817. The lowest BCUT2D eigenvalue weighted by molar-refractivity contribution is -0.122. The number of aryl methyl sites for hydroxylation is 1. The van der Waals surface area contributed by atoms with Crippen molar-refractivity contribution in [2.75, 3.05) is 19.1 Å². The number of amides is 1. The molecule has 1 amide bonds. The van der Waals surface area contributed by atoms with E-state index in [1.54, 1.807) is 19.1 Å². The summed E-state index contributed by atoms with van der Waals surface area (Å²) in [6, 6.07) is 5.80. The van der Waals surface area contributed by atoms with Gasteiger partial charge < -0.3 is 14.4 Å². The smallest absolute Gasteiger partial charge is 0.227 e. The fourth-order valence-corrected chi connectivity index (χ4v) is 1.80. The third-order valence-corrected chi connectivity index (χ3v) is 3.08. The van der Waals surface area contributed by atoms with Crippen LogP contribution in [0.4, 0.5) is 5.69 Å². The molecule has 1 rings (SSSR count). The van der Waals surface area contributed by atoms with E-state index in [4.69, 9.17) is 4.74 Å². The Morgan fingerprint density at radius 3 is 2.47 bits per heavy atom. The molecule has 4 heteroatoms. The Labute approximate surface area is 114 Å². The highest BCUT2D eigenvalue weighted by Gasteiger charge is 2.16. The van der Waals surface area contributed by atoms with Crippen LogP contribution in [-0.2, 0) is 16.0 Å². The van der Waals surface area contributed by atoms with Crippen LogP contribution in [0.25, 0.3) is 0 Å². The van der Waals surface area contributed by atoms with E-state index >= 15 is 0 Å². The molecule has 19 heavy (non-hydrogen) atoms. The number of methoxy groups -OCH3 is 1. The van der Waals surface area contributed by atoms with Gasteiger partial charge in [-0.25, -0.2) is 0 Å². The molecular formula is C15H21NO3. The van der Waals surface area contributed by atoms with Gasteiger partial charge in [0.1, 0.15) is 11.5 Å². The van der Waals surface area contributed by atoms with E-state index in [0.29, 0.717) is 5.75 Å². The summed E-state index contributed by atoms with van der Waals surface area (Å²) in [7, 11) is 3.29. The van der Waals surface area contributed by atoms with E-state index in [0.717, 1.165) is 17.7 Å². The van der Waals surface area contributed by atoms with Crippen LogP contribution < -0.4 is 9.64 Å². The Balaban J connectivity index is 2.93. The third kappa shape index (κ3) is 4.09. The van der Waals surface area contributed by atoms with E-state index in [-0.39, 0.29) is 24.5 Å². The second-order valence-electron chi connectivity index (χ2n) is 4.51. The Morgan fingerprint density at radius 1 is 1.26 bits per heavy atom. The first-order chi connectivity index (χ1) is 8.99. The summed E-state index contributed by atoms with van der Waals surface area (Å²) in [6.45, 7) is 3.55. The van der Waals surface area contributed by atoms with Crippen LogP contribution in [0.15, 0.2) is 18.2 Å². The number of carbonyl (C=O) groups excluding carboxylic acids is 2. The van der Waals surface area contributed by atoms with Gasteiger partial charge in [-0.1, -0.05) is 13.0 Å². The summed E-state index contributed by atoms with van der Waals surface area (Å²) in [6.07, 6.45) is 1.40. The summed E-state index contributed by atoms with van der Waals surface area (Å²) in [4.78, 5) is 24.5. The molecule has 0 heterocycles. The zero-order valence-electron chi connectivity index (χ0n) is 12.0. The van der Waals surface area contributed by atoms with Crippen molar-refractivity contribution in [2.24, 2.45) is 0 Å². The lowest BCUT2D eigenvalue weighted by Crippen LogP contribution is -2.27. The van der Waals surface area contributed by atoms with Crippen LogP contribution in [0, 0.1) is 0 Å². The first-order valence-corrected chi connectivity index (χ1v) is 6.42. The number of anilines is 1. The normalized spacial score (nSPS) is 10.1. The molecule has 4 nitrogen and oxygen atoms in total. The molecule has 0 atom stereocenters. The minimum Gasteiger partial charge on any atom is -0.495 e. The largest absolute Gasteiger partial charge is 0.495 e. The van der Waals surface area contributed by atoms with Crippen LogP contribution in [0.5, 0.6) is 5.75 Å². The highest BCUT2D eigenvalue weighted by Crippen LogP contribution is 2.29. The maximum Gasteiger partial charge on any atom is 0.227 e. The van der Waals surface area contributed by atoms with Crippen molar-refractivity contribution in [3.05, 3.63) is 23.8 Å². The molecule has 0 spiro atoms. The monoisotopic (exact) mass is 263 g/mol. The summed E-state index contributed by atoms with van der Waals surface area (Å²) in [5.74, 6) is 0.605. The maximum atomic E-state index is 12.0. The molecule has 0 fully saturated rings. The molecule has 0 radical (unpaired) electrons. The molecular weight excluding hydrogens is 242 g/mol. The lowest BCUT2D eigenvalue weighted by Gasteiger charge is -2.20. The van der Waals surface area contributed by atoms with Gasteiger partial charge in [0.05, 0.1) is 12.8 Å². The van der Waals surface area contributed by atoms with Crippen LogP contribution in [0.2, 0.25) is 0 Å². The number of carbonyl (C=O) groups is 2. The summed E-state index contributed by atoms with van der Waals surface area (Å²) >= 11 is 0. The molecule has 0 saturated carbocycles. The number of benzene rings is 1. The van der Waals surface area contributed by atoms with Gasteiger partial charge in [-0.2, -0.15) is 0 Å². The molecule has 104 valence electrons. The van der Waals surface area contributed by atoms with E-state index in [9.17, 15) is 9.59 Å². The van der Waals surface area contributed by atoms with E-state index < -0.39 is 0 Å². The maximum absolute atomic E-state index is 12.0. The zero-order chi connectivity index (χ0) is 14.4. The first kappa shape index (κ1) is 15.2. The van der Waals surface area contributed by atoms with Gasteiger partial charge in [0.2, 0.25) is 5.91 Å². The fourth-order valence-electron chi connectivity index (χ4n) is 1.80. The Bertz CT molecular complexity index is 468. The number of nitrogens with zero attached hydrogens (tertiary/aromatic N) is 1. The number of rotatable bonds is 6. The zero-order valence-corrected chi connectivity index (χ0v) is 12.0. The molecule has 1 aromatic rings. The number of ether oxygens (including phenoxy) is 1. The average molecular weight is 263 g/mol. The van der Waals surface area contributed by atoms with Gasteiger partial charge in [0.15, 0.2) is 0 Å². The lowest BCUT2D eigenvalue weighted by atomic mass is 10.1. The first-order valence-electron chi connectivity index (χ1n) is 6.42. The standard InChI is InChI=1S/C15H21NO3/c1-5-12-7-8-14(19-4)13(10-12)16(3)15(18)9-6-11(2)17/h7-8,10H,5-6,9H2,1-4H3. The molecule has 0 aliphatic rings. The predicted molar refractivity (Wildman–Crippen MR) is 75.7 cm³/mol. The number of ketones is 1. The average Bonchev–Trinajstić information content (AvgIpc) is 2.42. The number of hydrogen-bond donors (Lipinski definition) is 0.